The van der Waals surface area contributed by atoms with Crippen LogP contribution in [0.4, 0.5) is 14.5 Å². The summed E-state index contributed by atoms with van der Waals surface area (Å²) < 4.78 is 27.6. The minimum absolute atomic E-state index is 0.0273. The molecule has 0 saturated carbocycles. The lowest BCUT2D eigenvalue weighted by atomic mass is 10.0. The third kappa shape index (κ3) is 2.29. The molecular formula is C13H14F2N2O. The molecule has 1 aromatic rings. The van der Waals surface area contributed by atoms with Crippen molar-refractivity contribution in [2.45, 2.75) is 19.4 Å². The maximum Gasteiger partial charge on any atom is 0.150 e. The van der Waals surface area contributed by atoms with E-state index in [-0.39, 0.29) is 17.2 Å². The number of aliphatic hydroxyl groups is 1. The summed E-state index contributed by atoms with van der Waals surface area (Å²) in [5.74, 6) is -1.42. The van der Waals surface area contributed by atoms with Gasteiger partial charge in [-0.1, -0.05) is 0 Å². The average molecular weight is 252 g/mol. The van der Waals surface area contributed by atoms with Crippen LogP contribution in [-0.4, -0.2) is 24.3 Å². The predicted molar refractivity (Wildman–Crippen MR) is 63.1 cm³/mol. The van der Waals surface area contributed by atoms with Crippen molar-refractivity contribution in [1.29, 1.82) is 5.26 Å². The van der Waals surface area contributed by atoms with Crippen molar-refractivity contribution in [3.8, 4) is 6.07 Å². The number of rotatable bonds is 2. The second-order valence-electron chi connectivity index (χ2n) is 4.64. The molecule has 0 bridgehead atoms. The quantitative estimate of drug-likeness (QED) is 0.876. The first-order valence-electron chi connectivity index (χ1n) is 5.85. The highest BCUT2D eigenvalue weighted by Gasteiger charge is 2.29. The van der Waals surface area contributed by atoms with Crippen molar-refractivity contribution in [2.24, 2.45) is 5.92 Å². The molecule has 3 nitrogen and oxygen atoms in total. The Labute approximate surface area is 104 Å². The number of aliphatic hydroxyl groups excluding tert-OH is 1. The number of anilines is 1. The van der Waals surface area contributed by atoms with Gasteiger partial charge >= 0.3 is 0 Å². The van der Waals surface area contributed by atoms with Crippen molar-refractivity contribution in [1.82, 2.24) is 0 Å². The zero-order valence-corrected chi connectivity index (χ0v) is 10.0. The average Bonchev–Trinajstić information content (AvgIpc) is 2.77. The van der Waals surface area contributed by atoms with Gasteiger partial charge in [0.05, 0.1) is 17.7 Å². The molecular weight excluding hydrogens is 238 g/mol. The van der Waals surface area contributed by atoms with Crippen molar-refractivity contribution in [2.75, 3.05) is 18.0 Å². The first-order chi connectivity index (χ1) is 8.52. The highest BCUT2D eigenvalue weighted by molar-refractivity contribution is 5.53. The molecule has 1 aliphatic rings. The fraction of sp³-hybridized carbons (Fsp3) is 0.462. The molecule has 1 saturated heterocycles. The molecule has 96 valence electrons. The summed E-state index contributed by atoms with van der Waals surface area (Å²) >= 11 is 0. The molecule has 0 unspecified atom stereocenters. The number of hydrogen-bond donors (Lipinski definition) is 1. The number of nitriles is 1. The van der Waals surface area contributed by atoms with E-state index in [4.69, 9.17) is 5.26 Å². The van der Waals surface area contributed by atoms with E-state index >= 15 is 0 Å². The normalized spacial score (nSPS) is 20.8. The summed E-state index contributed by atoms with van der Waals surface area (Å²) in [6.07, 6.45) is 0.218. The van der Waals surface area contributed by atoms with Crippen molar-refractivity contribution >= 4 is 5.69 Å². The van der Waals surface area contributed by atoms with Gasteiger partial charge in [0.1, 0.15) is 5.69 Å². The van der Waals surface area contributed by atoms with Gasteiger partial charge in [0.25, 0.3) is 0 Å². The SMILES string of the molecule is C[C@@H](O)[C@H]1CCN(c2c(F)cc(C#N)cc2F)C1. The second-order valence-corrected chi connectivity index (χ2v) is 4.64. The molecule has 1 heterocycles. The Hall–Kier alpha value is -1.67. The molecule has 5 heteroatoms. The van der Waals surface area contributed by atoms with Gasteiger partial charge in [0.2, 0.25) is 0 Å². The molecule has 0 spiro atoms. The van der Waals surface area contributed by atoms with Crippen molar-refractivity contribution < 1.29 is 13.9 Å². The first kappa shape index (κ1) is 12.8. The molecule has 0 radical (unpaired) electrons. The summed E-state index contributed by atoms with van der Waals surface area (Å²) in [6, 6.07) is 3.79. The summed E-state index contributed by atoms with van der Waals surface area (Å²) in [6.45, 7) is 2.62. The molecule has 1 aliphatic heterocycles. The van der Waals surface area contributed by atoms with Gasteiger partial charge < -0.3 is 10.0 Å². The molecule has 2 atom stereocenters. The van der Waals surface area contributed by atoms with E-state index in [1.807, 2.05) is 0 Å². The number of halogens is 2. The minimum atomic E-state index is -0.724. The zero-order chi connectivity index (χ0) is 13.3. The largest absolute Gasteiger partial charge is 0.393 e. The molecule has 1 aromatic carbocycles. The predicted octanol–water partition coefficient (Wildman–Crippen LogP) is 2.04. The Morgan fingerprint density at radius 3 is 2.50 bits per heavy atom. The maximum atomic E-state index is 13.8. The first-order valence-corrected chi connectivity index (χ1v) is 5.85. The summed E-state index contributed by atoms with van der Waals surface area (Å²) in [7, 11) is 0. The van der Waals surface area contributed by atoms with E-state index in [9.17, 15) is 13.9 Å². The van der Waals surface area contributed by atoms with E-state index in [2.05, 4.69) is 0 Å². The Morgan fingerprint density at radius 2 is 2.06 bits per heavy atom. The van der Waals surface area contributed by atoms with Crippen LogP contribution < -0.4 is 4.90 Å². The van der Waals surface area contributed by atoms with Gasteiger partial charge in [-0.2, -0.15) is 5.26 Å². The van der Waals surface area contributed by atoms with E-state index < -0.39 is 17.7 Å². The second kappa shape index (κ2) is 4.91. The van der Waals surface area contributed by atoms with Crippen molar-refractivity contribution in [3.63, 3.8) is 0 Å². The van der Waals surface area contributed by atoms with Gasteiger partial charge in [-0.3, -0.25) is 0 Å². The Kier molecular flexibility index (Phi) is 3.48. The standard InChI is InChI=1S/C13H14F2N2O/c1-8(18)10-2-3-17(7-10)13-11(14)4-9(6-16)5-12(13)15/h4-5,8,10,18H,2-3,7H2,1H3/t8-,10+/m1/s1. The zero-order valence-electron chi connectivity index (χ0n) is 10.0. The summed E-state index contributed by atoms with van der Waals surface area (Å²) in [5.41, 5.74) is -0.128. The van der Waals surface area contributed by atoms with Crippen molar-refractivity contribution in [3.05, 3.63) is 29.3 Å². The molecule has 2 rings (SSSR count). The molecule has 0 aromatic heterocycles. The lowest BCUT2D eigenvalue weighted by Gasteiger charge is -2.21. The fourth-order valence-corrected chi connectivity index (χ4v) is 2.32. The Bertz CT molecular complexity index is 473. The third-order valence-corrected chi connectivity index (χ3v) is 3.37. The van der Waals surface area contributed by atoms with Crippen LogP contribution >= 0.6 is 0 Å². The molecule has 0 aliphatic carbocycles. The lowest BCUT2D eigenvalue weighted by Crippen LogP contribution is -2.25. The maximum absolute atomic E-state index is 13.8. The topological polar surface area (TPSA) is 47.3 Å². The van der Waals surface area contributed by atoms with E-state index in [1.165, 1.54) is 0 Å². The van der Waals surface area contributed by atoms with Gasteiger partial charge in [0.15, 0.2) is 11.6 Å². The van der Waals surface area contributed by atoms with E-state index in [0.717, 1.165) is 12.1 Å². The molecule has 18 heavy (non-hydrogen) atoms. The summed E-state index contributed by atoms with van der Waals surface area (Å²) in [5, 5.41) is 18.1. The van der Waals surface area contributed by atoms with Gasteiger partial charge in [-0.15, -0.1) is 0 Å². The van der Waals surface area contributed by atoms with Crippen LogP contribution in [0, 0.1) is 28.9 Å². The summed E-state index contributed by atoms with van der Waals surface area (Å²) in [4.78, 5) is 1.59. The van der Waals surface area contributed by atoms with Gasteiger partial charge in [-0.25, -0.2) is 8.78 Å². The van der Waals surface area contributed by atoms with E-state index in [1.54, 1.807) is 17.9 Å². The highest BCUT2D eigenvalue weighted by atomic mass is 19.1. The Balaban J connectivity index is 2.28. The third-order valence-electron chi connectivity index (χ3n) is 3.37. The number of nitrogens with zero attached hydrogens (tertiary/aromatic N) is 2. The van der Waals surface area contributed by atoms with Crippen LogP contribution in [0.15, 0.2) is 12.1 Å². The molecule has 1 N–H and O–H groups in total. The lowest BCUT2D eigenvalue weighted by molar-refractivity contribution is 0.136. The van der Waals surface area contributed by atoms with Crippen LogP contribution in [0.25, 0.3) is 0 Å². The van der Waals surface area contributed by atoms with Crippen LogP contribution in [-0.2, 0) is 0 Å². The van der Waals surface area contributed by atoms with Gasteiger partial charge in [-0.05, 0) is 25.5 Å². The molecule has 1 fully saturated rings. The van der Waals surface area contributed by atoms with Crippen LogP contribution in [0.5, 0.6) is 0 Å². The number of benzene rings is 1. The van der Waals surface area contributed by atoms with E-state index in [0.29, 0.717) is 19.5 Å². The monoisotopic (exact) mass is 252 g/mol. The van der Waals surface area contributed by atoms with Crippen LogP contribution in [0.3, 0.4) is 0 Å². The smallest absolute Gasteiger partial charge is 0.150 e. The van der Waals surface area contributed by atoms with Gasteiger partial charge in [0, 0.05) is 19.0 Å². The molecule has 0 amide bonds. The van der Waals surface area contributed by atoms with Crippen LogP contribution in [0.2, 0.25) is 0 Å². The highest BCUT2D eigenvalue weighted by Crippen LogP contribution is 2.30. The van der Waals surface area contributed by atoms with Crippen LogP contribution in [0.1, 0.15) is 18.9 Å². The fourth-order valence-electron chi connectivity index (χ4n) is 2.32. The Morgan fingerprint density at radius 1 is 1.44 bits per heavy atom. The minimum Gasteiger partial charge on any atom is -0.393 e. The number of hydrogen-bond acceptors (Lipinski definition) is 3.